The van der Waals surface area contributed by atoms with Gasteiger partial charge in [-0.2, -0.15) is 0 Å². The number of rotatable bonds is 3. The molecule has 0 saturated carbocycles. The van der Waals surface area contributed by atoms with Gasteiger partial charge in [-0.25, -0.2) is 4.39 Å². The van der Waals surface area contributed by atoms with E-state index in [1.807, 2.05) is 41.3 Å². The minimum atomic E-state index is -0.221. The standard InChI is InChI=1S/C21H21ClFN3O/c22-19-17-4-1-2-5-18(17)24-20(19)21(27)26-11-3-10-25(12-13-26)14-15-6-8-16(23)9-7-15/h1-2,4-9,24H,3,10-14H2. The summed E-state index contributed by atoms with van der Waals surface area (Å²) in [5.41, 5.74) is 2.42. The van der Waals surface area contributed by atoms with Gasteiger partial charge in [0.1, 0.15) is 11.5 Å². The number of amides is 1. The van der Waals surface area contributed by atoms with Crippen molar-refractivity contribution in [2.45, 2.75) is 13.0 Å². The van der Waals surface area contributed by atoms with Crippen LogP contribution in [0.3, 0.4) is 0 Å². The first-order chi connectivity index (χ1) is 13.1. The van der Waals surface area contributed by atoms with Crippen molar-refractivity contribution >= 4 is 28.4 Å². The summed E-state index contributed by atoms with van der Waals surface area (Å²) in [6.07, 6.45) is 0.894. The van der Waals surface area contributed by atoms with Gasteiger partial charge in [0.25, 0.3) is 5.91 Å². The number of aromatic nitrogens is 1. The lowest BCUT2D eigenvalue weighted by molar-refractivity contribution is 0.0756. The molecule has 0 unspecified atom stereocenters. The van der Waals surface area contributed by atoms with Gasteiger partial charge in [-0.15, -0.1) is 0 Å². The van der Waals surface area contributed by atoms with Gasteiger partial charge in [0, 0.05) is 43.6 Å². The smallest absolute Gasteiger partial charge is 0.271 e. The van der Waals surface area contributed by atoms with Gasteiger partial charge in [0.2, 0.25) is 0 Å². The molecule has 0 atom stereocenters. The lowest BCUT2D eigenvalue weighted by Crippen LogP contribution is -2.35. The van der Waals surface area contributed by atoms with Crippen LogP contribution in [0.5, 0.6) is 0 Å². The van der Waals surface area contributed by atoms with Crippen molar-refractivity contribution in [2.24, 2.45) is 0 Å². The molecule has 1 fully saturated rings. The molecular formula is C21H21ClFN3O. The van der Waals surface area contributed by atoms with E-state index in [1.165, 1.54) is 12.1 Å². The number of aromatic amines is 1. The van der Waals surface area contributed by atoms with E-state index >= 15 is 0 Å². The molecule has 27 heavy (non-hydrogen) atoms. The largest absolute Gasteiger partial charge is 0.349 e. The molecule has 2 heterocycles. The van der Waals surface area contributed by atoms with E-state index < -0.39 is 0 Å². The maximum absolute atomic E-state index is 13.1. The van der Waals surface area contributed by atoms with Gasteiger partial charge >= 0.3 is 0 Å². The van der Waals surface area contributed by atoms with Crippen LogP contribution >= 0.6 is 11.6 Å². The van der Waals surface area contributed by atoms with Gasteiger partial charge < -0.3 is 9.88 Å². The van der Waals surface area contributed by atoms with Crippen molar-refractivity contribution in [3.05, 3.63) is 70.6 Å². The maximum Gasteiger partial charge on any atom is 0.271 e. The van der Waals surface area contributed by atoms with Gasteiger partial charge in [0.15, 0.2) is 0 Å². The minimum absolute atomic E-state index is 0.0557. The van der Waals surface area contributed by atoms with Crippen molar-refractivity contribution < 1.29 is 9.18 Å². The second kappa shape index (κ2) is 7.71. The molecule has 0 radical (unpaired) electrons. The Labute approximate surface area is 162 Å². The minimum Gasteiger partial charge on any atom is -0.349 e. The Morgan fingerprint density at radius 3 is 2.59 bits per heavy atom. The number of halogens is 2. The summed E-state index contributed by atoms with van der Waals surface area (Å²) in [4.78, 5) is 20.3. The van der Waals surface area contributed by atoms with Crippen molar-refractivity contribution in [1.82, 2.24) is 14.8 Å². The molecular weight excluding hydrogens is 365 g/mol. The zero-order chi connectivity index (χ0) is 18.8. The summed E-state index contributed by atoms with van der Waals surface area (Å²) >= 11 is 6.44. The molecule has 2 aromatic carbocycles. The Morgan fingerprint density at radius 2 is 1.81 bits per heavy atom. The number of nitrogens with one attached hydrogen (secondary N) is 1. The molecule has 4 rings (SSSR count). The fraction of sp³-hybridized carbons (Fsp3) is 0.286. The van der Waals surface area contributed by atoms with Crippen LogP contribution in [0.4, 0.5) is 4.39 Å². The molecule has 1 aliphatic rings. The zero-order valence-corrected chi connectivity index (χ0v) is 15.7. The summed E-state index contributed by atoms with van der Waals surface area (Å²) in [5, 5.41) is 1.36. The monoisotopic (exact) mass is 385 g/mol. The number of nitrogens with zero attached hydrogens (tertiary/aromatic N) is 2. The van der Waals surface area contributed by atoms with Crippen LogP contribution in [0.1, 0.15) is 22.5 Å². The molecule has 4 nitrogen and oxygen atoms in total. The molecule has 0 bridgehead atoms. The predicted octanol–water partition coefficient (Wildman–Crippen LogP) is 4.31. The van der Waals surface area contributed by atoms with Crippen LogP contribution in [0, 0.1) is 5.82 Å². The predicted molar refractivity (Wildman–Crippen MR) is 106 cm³/mol. The summed E-state index contributed by atoms with van der Waals surface area (Å²) in [7, 11) is 0. The first kappa shape index (κ1) is 18.0. The number of benzene rings is 2. The summed E-state index contributed by atoms with van der Waals surface area (Å²) in [6, 6.07) is 14.3. The average Bonchev–Trinajstić information content (AvgIpc) is 2.86. The number of carbonyl (C=O) groups is 1. The normalized spacial score (nSPS) is 15.9. The van der Waals surface area contributed by atoms with E-state index in [0.29, 0.717) is 23.8 Å². The number of fused-ring (bicyclic) bond motifs is 1. The maximum atomic E-state index is 13.1. The van der Waals surface area contributed by atoms with E-state index in [9.17, 15) is 9.18 Å². The quantitative estimate of drug-likeness (QED) is 0.729. The molecule has 140 valence electrons. The summed E-state index contributed by atoms with van der Waals surface area (Å²) < 4.78 is 13.1. The third-order valence-electron chi connectivity index (χ3n) is 5.05. The lowest BCUT2D eigenvalue weighted by Gasteiger charge is -2.22. The molecule has 1 aliphatic heterocycles. The van der Waals surface area contributed by atoms with E-state index in [0.717, 1.165) is 42.5 Å². The molecule has 0 aliphatic carbocycles. The van der Waals surface area contributed by atoms with Crippen molar-refractivity contribution in [3.8, 4) is 0 Å². The number of H-pyrrole nitrogens is 1. The zero-order valence-electron chi connectivity index (χ0n) is 14.9. The fourth-order valence-corrected chi connectivity index (χ4v) is 3.89. The van der Waals surface area contributed by atoms with Gasteiger partial charge in [-0.3, -0.25) is 9.69 Å². The Kier molecular flexibility index (Phi) is 5.14. The van der Waals surface area contributed by atoms with E-state index in [4.69, 9.17) is 11.6 Å². The highest BCUT2D eigenvalue weighted by Gasteiger charge is 2.24. The van der Waals surface area contributed by atoms with E-state index in [1.54, 1.807) is 0 Å². The molecule has 1 N–H and O–H groups in total. The third-order valence-corrected chi connectivity index (χ3v) is 5.44. The first-order valence-corrected chi connectivity index (χ1v) is 9.52. The fourth-order valence-electron chi connectivity index (χ4n) is 3.59. The second-order valence-corrected chi connectivity index (χ2v) is 7.29. The van der Waals surface area contributed by atoms with Crippen LogP contribution in [0.25, 0.3) is 10.9 Å². The highest BCUT2D eigenvalue weighted by Crippen LogP contribution is 2.28. The Hall–Kier alpha value is -2.37. The molecule has 0 spiro atoms. The average molecular weight is 386 g/mol. The van der Waals surface area contributed by atoms with Crippen LogP contribution in [-0.2, 0) is 6.54 Å². The van der Waals surface area contributed by atoms with Crippen LogP contribution in [-0.4, -0.2) is 46.9 Å². The molecule has 1 saturated heterocycles. The van der Waals surface area contributed by atoms with Crippen molar-refractivity contribution in [1.29, 1.82) is 0 Å². The lowest BCUT2D eigenvalue weighted by atomic mass is 10.2. The van der Waals surface area contributed by atoms with Crippen molar-refractivity contribution in [2.75, 3.05) is 26.2 Å². The first-order valence-electron chi connectivity index (χ1n) is 9.14. The molecule has 6 heteroatoms. The van der Waals surface area contributed by atoms with E-state index in [-0.39, 0.29) is 11.7 Å². The molecule has 1 aromatic heterocycles. The van der Waals surface area contributed by atoms with Crippen LogP contribution in [0.15, 0.2) is 48.5 Å². The van der Waals surface area contributed by atoms with Gasteiger partial charge in [0.05, 0.1) is 5.02 Å². The number of hydrogen-bond donors (Lipinski definition) is 1. The second-order valence-electron chi connectivity index (χ2n) is 6.91. The van der Waals surface area contributed by atoms with Crippen molar-refractivity contribution in [3.63, 3.8) is 0 Å². The molecule has 1 amide bonds. The van der Waals surface area contributed by atoms with E-state index in [2.05, 4.69) is 9.88 Å². The Balaban J connectivity index is 1.44. The summed E-state index contributed by atoms with van der Waals surface area (Å²) in [6.45, 7) is 3.79. The SMILES string of the molecule is O=C(c1[nH]c2ccccc2c1Cl)N1CCCN(Cc2ccc(F)cc2)CC1. The number of carbonyl (C=O) groups excluding carboxylic acids is 1. The third kappa shape index (κ3) is 3.84. The molecule has 3 aromatic rings. The highest BCUT2D eigenvalue weighted by atomic mass is 35.5. The summed E-state index contributed by atoms with van der Waals surface area (Å²) in [5.74, 6) is -0.276. The number of para-hydroxylation sites is 1. The van der Waals surface area contributed by atoms with Gasteiger partial charge in [-0.1, -0.05) is 41.9 Å². The Bertz CT molecular complexity index is 954. The van der Waals surface area contributed by atoms with Gasteiger partial charge in [-0.05, 0) is 30.2 Å². The topological polar surface area (TPSA) is 39.3 Å². The highest BCUT2D eigenvalue weighted by molar-refractivity contribution is 6.38. The Morgan fingerprint density at radius 1 is 1.04 bits per heavy atom. The van der Waals surface area contributed by atoms with Crippen LogP contribution < -0.4 is 0 Å². The number of hydrogen-bond acceptors (Lipinski definition) is 2. The van der Waals surface area contributed by atoms with Crippen LogP contribution in [0.2, 0.25) is 5.02 Å².